The van der Waals surface area contributed by atoms with Crippen molar-refractivity contribution in [2.75, 3.05) is 53.3 Å². The first-order valence-electron chi connectivity index (χ1n) is 48.4. The molecule has 0 aromatic heterocycles. The number of ether oxygens (including phenoxy) is 23. The summed E-state index contributed by atoms with van der Waals surface area (Å²) in [7, 11) is 0.957. The van der Waals surface area contributed by atoms with Gasteiger partial charge in [-0.15, -0.1) is 0 Å². The fraction of sp³-hybridized carbons (Fsp3) is 0.413. The molecule has 6 saturated heterocycles. The highest BCUT2D eigenvalue weighted by Gasteiger charge is 2.66. The van der Waals surface area contributed by atoms with Crippen LogP contribution in [0, 0.1) is 0 Å². The van der Waals surface area contributed by atoms with Crippen LogP contribution in [-0.2, 0) is 172 Å². The maximum atomic E-state index is 15.8. The van der Waals surface area contributed by atoms with Gasteiger partial charge in [-0.2, -0.15) is 0 Å². The van der Waals surface area contributed by atoms with Crippen molar-refractivity contribution in [1.82, 2.24) is 15.1 Å². The van der Waals surface area contributed by atoms with E-state index in [9.17, 15) is 28.8 Å². The van der Waals surface area contributed by atoms with Crippen LogP contribution in [-0.4, -0.2) is 255 Å². The molecule has 9 aromatic carbocycles. The van der Waals surface area contributed by atoms with E-state index in [1.54, 1.807) is 114 Å². The van der Waals surface area contributed by atoms with E-state index in [0.29, 0.717) is 46.4 Å². The number of amides is 4. The van der Waals surface area contributed by atoms with E-state index < -0.39 is 231 Å². The molecule has 2 unspecified atom stereocenters. The van der Waals surface area contributed by atoms with Crippen LogP contribution >= 0.6 is 34.8 Å². The third-order valence-electron chi connectivity index (χ3n) is 25.0. The number of hydrogen-bond acceptors (Lipinski definition) is 33. The number of carbonyl (C=O) groups is 10. The molecule has 0 aliphatic carbocycles. The van der Waals surface area contributed by atoms with Crippen molar-refractivity contribution in [3.05, 3.63) is 323 Å². The molecule has 22 atom stereocenters. The molecular weight excluding hydrogens is 1990 g/mol. The number of alkyl halides is 3. The molecule has 0 spiro atoms. The number of nitrogens with one attached hydrogen (secondary N) is 1. The molecular formula is C109H116Cl3N3O33. The number of alkyl carbamates (subject to hydrolysis) is 1. The first kappa shape index (κ1) is 110. The SMILES string of the molecule is COC(=O)[C@@]1(OC[C@H]2O[C@@H](O[C@H]3[C@@H](OCc4ccccc4)[C@@H](COCc4ccccc4)O[C@@H](OCCCCCN(Cc4ccccc4)C(=O)OCc4ccccc4)[C@@H]3OCc3ccccc3)[C@H](NC(=O)OCC(Cl)(Cl)Cl)[C@@H](O[C@@H]3O[C@@H]4COC(c5ccccc5)OC4[C@H](OC(=O)c4ccccc4)[C@H]3OC(=O)c3ccccc3)[C@@H]2OCc2ccccc2)C[C@@H]2OC(=O)N(C(C)=O)[C@H]2[C@H]([C@H](OC(C)=O)[C@@H](COC(C)=O)OC(C)=O)O1. The lowest BCUT2D eigenvalue weighted by atomic mass is 9.88. The summed E-state index contributed by atoms with van der Waals surface area (Å²) in [5.41, 5.74) is 4.70. The number of fused-ring (bicyclic) bond motifs is 2. The molecule has 9 aromatic rings. The fourth-order valence-corrected chi connectivity index (χ4v) is 18.3. The Hall–Kier alpha value is -12.4. The van der Waals surface area contributed by atoms with Gasteiger partial charge in [-0.25, -0.2) is 33.7 Å². The van der Waals surface area contributed by atoms with Gasteiger partial charge in [0.15, 0.2) is 49.6 Å². The topological polar surface area (TPSA) is 402 Å². The Morgan fingerprint density at radius 3 is 1.53 bits per heavy atom. The summed E-state index contributed by atoms with van der Waals surface area (Å²) in [5.74, 6) is -10.4. The standard InChI is InChI=1S/C109H116Cl3N3O33/c1-68(116)115-87-81(142-107(115)125)56-108(104(122)126-5,148-93(87)90(138-71(4)119)83(137-70(3)118)64-129-69(2)117)136-66-85-88(130-59-74-40-20-8-21-41-74)92(146-103-97(144-99(121)79-50-30-13-31-51-79)95(143-98(120)78-48-28-12-29-49-78)91-84(141-103)65-133-100(145-91)80-52-32-14-33-53-80)86(113-105(123)135-67-109(110,111)112)101(139-85)147-94-89(131-60-75-42-22-9-23-43-75)82(63-127-58-73-38-18-7-19-39-73)140-102(96(94)132-61-76-44-24-10-25-45-76)128-55-35-15-34-54-114(57-72-36-16-6-17-37-72)106(124)134-62-77-46-26-11-27-47-77/h6-14,16-33,36-53,81-97,100-103H,15,34-35,54-67H2,1-5H3,(H,113,123)/t81-,82+,83+,84+,85+,86+,87+,88+,89-,90+,91?,92+,93+,94-,95-,96+,97+,100?,101-,102+,103-,108+/m0/s1. The number of halogens is 3. The van der Waals surface area contributed by atoms with Gasteiger partial charge in [-0.05, 0) is 76.9 Å². The molecule has 6 fully saturated rings. The Morgan fingerprint density at radius 2 is 0.986 bits per heavy atom. The number of methoxy groups -OCH3 is 1. The van der Waals surface area contributed by atoms with Crippen molar-refractivity contribution >= 4 is 94.8 Å². The average molecular weight is 2100 g/mol. The molecule has 0 saturated carbocycles. The Balaban J connectivity index is 0.908. The van der Waals surface area contributed by atoms with E-state index in [2.05, 4.69) is 5.32 Å². The minimum Gasteiger partial charge on any atom is -0.465 e. The number of nitrogens with zero attached hydrogens (tertiary/aromatic N) is 2. The average Bonchev–Trinajstić information content (AvgIpc) is 1.54. The highest BCUT2D eigenvalue weighted by atomic mass is 35.6. The number of unbranched alkanes of at least 4 members (excludes halogenated alkanes) is 2. The maximum absolute atomic E-state index is 15.8. The zero-order valence-corrected chi connectivity index (χ0v) is 83.9. The van der Waals surface area contributed by atoms with Crippen LogP contribution in [0.25, 0.3) is 0 Å². The summed E-state index contributed by atoms with van der Waals surface area (Å²) in [5, 5.41) is 2.90. The second kappa shape index (κ2) is 53.7. The first-order valence-corrected chi connectivity index (χ1v) is 49.5. The zero-order valence-electron chi connectivity index (χ0n) is 81.6. The Morgan fingerprint density at radius 1 is 0.486 bits per heavy atom. The molecule has 0 bridgehead atoms. The molecule has 6 heterocycles. The zero-order chi connectivity index (χ0) is 104. The largest absolute Gasteiger partial charge is 0.465 e. The summed E-state index contributed by atoms with van der Waals surface area (Å²) in [6, 6.07) is 75.6. The van der Waals surface area contributed by atoms with Crippen LogP contribution in [0.3, 0.4) is 0 Å². The third kappa shape index (κ3) is 30.3. The number of carbonyl (C=O) groups excluding carboxylic acids is 10. The maximum Gasteiger partial charge on any atom is 0.417 e. The van der Waals surface area contributed by atoms with Crippen molar-refractivity contribution in [1.29, 1.82) is 0 Å². The van der Waals surface area contributed by atoms with E-state index in [1.165, 1.54) is 24.3 Å². The minimum atomic E-state index is -3.02. The van der Waals surface area contributed by atoms with Gasteiger partial charge in [-0.1, -0.05) is 284 Å². The quantitative estimate of drug-likeness (QED) is 0.0160. The highest BCUT2D eigenvalue weighted by Crippen LogP contribution is 2.46. The first-order chi connectivity index (χ1) is 71.7. The van der Waals surface area contributed by atoms with Crippen LogP contribution < -0.4 is 5.32 Å². The number of esters is 6. The van der Waals surface area contributed by atoms with Crippen LogP contribution in [0.4, 0.5) is 14.4 Å². The van der Waals surface area contributed by atoms with E-state index in [1.807, 2.05) is 140 Å². The van der Waals surface area contributed by atoms with E-state index in [0.717, 1.165) is 51.5 Å². The van der Waals surface area contributed by atoms with Crippen LogP contribution in [0.2, 0.25) is 0 Å². The molecule has 0 radical (unpaired) electrons. The number of rotatable bonds is 45. The molecule has 6 aliphatic rings. The molecule has 148 heavy (non-hydrogen) atoms. The van der Waals surface area contributed by atoms with Gasteiger partial charge < -0.3 is 119 Å². The van der Waals surface area contributed by atoms with Crippen LogP contribution in [0.15, 0.2) is 273 Å². The Bertz CT molecular complexity index is 5780. The highest BCUT2D eigenvalue weighted by molar-refractivity contribution is 6.67. The van der Waals surface area contributed by atoms with Gasteiger partial charge in [0.25, 0.3) is 5.79 Å². The van der Waals surface area contributed by atoms with Gasteiger partial charge in [0.1, 0.15) is 99.0 Å². The monoisotopic (exact) mass is 2100 g/mol. The number of imide groups is 1. The predicted octanol–water partition coefficient (Wildman–Crippen LogP) is 14.8. The number of benzene rings is 9. The van der Waals surface area contributed by atoms with E-state index in [-0.39, 0.29) is 70.5 Å². The molecule has 39 heteroatoms. The van der Waals surface area contributed by atoms with Gasteiger partial charge in [0.05, 0.1) is 70.9 Å². The van der Waals surface area contributed by atoms with Gasteiger partial charge >= 0.3 is 54.1 Å². The second-order valence-corrected chi connectivity index (χ2v) is 38.2. The minimum absolute atomic E-state index is 0.0176. The summed E-state index contributed by atoms with van der Waals surface area (Å²) in [6.45, 7) is 0.155. The summed E-state index contributed by atoms with van der Waals surface area (Å²) in [6.07, 6.45) is -36.0. The Kier molecular flexibility index (Phi) is 39.8. The lowest BCUT2D eigenvalue weighted by Crippen LogP contribution is -2.71. The van der Waals surface area contributed by atoms with E-state index in [4.69, 9.17) is 144 Å². The second-order valence-electron chi connectivity index (χ2n) is 35.7. The van der Waals surface area contributed by atoms with E-state index >= 15 is 19.2 Å². The van der Waals surface area contributed by atoms with Crippen molar-refractivity contribution in [3.63, 3.8) is 0 Å². The molecule has 786 valence electrons. The Labute approximate surface area is 869 Å². The molecule has 4 amide bonds. The van der Waals surface area contributed by atoms with Crippen molar-refractivity contribution in [2.24, 2.45) is 0 Å². The smallest absolute Gasteiger partial charge is 0.417 e. The van der Waals surface area contributed by atoms with Gasteiger partial charge in [-0.3, -0.25) is 19.2 Å². The van der Waals surface area contributed by atoms with Crippen molar-refractivity contribution in [2.45, 2.75) is 231 Å². The predicted molar refractivity (Wildman–Crippen MR) is 525 cm³/mol. The normalized spacial score (nSPS) is 25.5. The third-order valence-corrected chi connectivity index (χ3v) is 25.3. The summed E-state index contributed by atoms with van der Waals surface area (Å²) >= 11 is 19.4. The fourth-order valence-electron chi connectivity index (χ4n) is 18.1. The number of hydrogen-bond donors (Lipinski definition) is 1. The lowest BCUT2D eigenvalue weighted by Gasteiger charge is -2.53. The molecule has 15 rings (SSSR count). The molecule has 6 aliphatic heterocycles. The van der Waals surface area contributed by atoms with Crippen molar-refractivity contribution < 1.29 is 157 Å². The molecule has 1 N–H and O–H groups in total. The van der Waals surface area contributed by atoms with Crippen molar-refractivity contribution in [3.8, 4) is 0 Å². The molecule has 36 nitrogen and oxygen atoms in total. The summed E-state index contributed by atoms with van der Waals surface area (Å²) in [4.78, 5) is 147. The van der Waals surface area contributed by atoms with Crippen LogP contribution in [0.5, 0.6) is 0 Å². The summed E-state index contributed by atoms with van der Waals surface area (Å²) < 4.78 is 153. The van der Waals surface area contributed by atoms with Gasteiger partial charge in [0.2, 0.25) is 9.70 Å². The van der Waals surface area contributed by atoms with Crippen LogP contribution in [0.1, 0.15) is 119 Å². The van der Waals surface area contributed by atoms with Gasteiger partial charge in [0, 0.05) is 53.0 Å². The lowest BCUT2D eigenvalue weighted by molar-refractivity contribution is -0.391.